The number of halogens is 1. The van der Waals surface area contributed by atoms with Gasteiger partial charge in [0, 0.05) is 6.04 Å². The van der Waals surface area contributed by atoms with Crippen LogP contribution in [0.25, 0.3) is 0 Å². The average Bonchev–Trinajstić information content (AvgIpc) is 2.17. The van der Waals surface area contributed by atoms with E-state index in [-0.39, 0.29) is 5.38 Å². The third-order valence-corrected chi connectivity index (χ3v) is 3.23. The van der Waals surface area contributed by atoms with Crippen LogP contribution in [0.5, 0.6) is 0 Å². The molecule has 0 aromatic heterocycles. The number of nitrogens with one attached hydrogen (secondary N) is 1. The first-order valence-electron chi connectivity index (χ1n) is 5.16. The molecule has 1 nitrogen and oxygen atoms in total. The van der Waals surface area contributed by atoms with Crippen LogP contribution in [0.1, 0.15) is 29.7 Å². The summed E-state index contributed by atoms with van der Waals surface area (Å²) >= 11 is 6.17. The summed E-state index contributed by atoms with van der Waals surface area (Å²) in [7, 11) is 0. The normalized spacial score (nSPS) is 22.9. The molecule has 0 saturated heterocycles. The van der Waals surface area contributed by atoms with Crippen LogP contribution in [-0.4, -0.2) is 11.9 Å². The van der Waals surface area contributed by atoms with Crippen LogP contribution in [0.3, 0.4) is 0 Å². The second-order valence-electron chi connectivity index (χ2n) is 4.00. The molecule has 2 unspecified atom stereocenters. The first-order chi connectivity index (χ1) is 6.70. The Morgan fingerprint density at radius 2 is 2.29 bits per heavy atom. The summed E-state index contributed by atoms with van der Waals surface area (Å²) in [4.78, 5) is 0. The van der Waals surface area contributed by atoms with Crippen LogP contribution in [0.2, 0.25) is 0 Å². The predicted octanol–water partition coefficient (Wildman–Crippen LogP) is 2.81. The molecule has 0 spiro atoms. The summed E-state index contributed by atoms with van der Waals surface area (Å²) in [5, 5.41) is 3.62. The highest BCUT2D eigenvalue weighted by Crippen LogP contribution is 2.29. The van der Waals surface area contributed by atoms with E-state index >= 15 is 0 Å². The molecule has 0 bridgehead atoms. The molecule has 1 aliphatic rings. The van der Waals surface area contributed by atoms with Gasteiger partial charge in [0.15, 0.2) is 0 Å². The van der Waals surface area contributed by atoms with Crippen LogP contribution >= 0.6 is 11.6 Å². The Morgan fingerprint density at radius 3 is 3.00 bits per heavy atom. The van der Waals surface area contributed by atoms with Crippen molar-refractivity contribution in [1.82, 2.24) is 5.32 Å². The molecule has 0 radical (unpaired) electrons. The summed E-state index contributed by atoms with van der Waals surface area (Å²) in [5.74, 6) is 0. The molecule has 0 saturated carbocycles. The Labute approximate surface area is 90.5 Å². The minimum Gasteiger partial charge on any atom is -0.308 e. The zero-order valence-corrected chi connectivity index (χ0v) is 9.43. The van der Waals surface area contributed by atoms with E-state index in [0.717, 1.165) is 13.0 Å². The molecule has 1 aromatic rings. The van der Waals surface area contributed by atoms with Crippen molar-refractivity contribution < 1.29 is 0 Å². The SMILES string of the molecule is Cc1cccc2c1CCNC2C(C)Cl. The molecule has 1 aromatic carbocycles. The molecule has 1 N–H and O–H groups in total. The molecule has 0 amide bonds. The van der Waals surface area contributed by atoms with Crippen LogP contribution in [0, 0.1) is 6.92 Å². The van der Waals surface area contributed by atoms with E-state index in [1.807, 2.05) is 0 Å². The highest BCUT2D eigenvalue weighted by molar-refractivity contribution is 6.20. The first-order valence-corrected chi connectivity index (χ1v) is 5.59. The quantitative estimate of drug-likeness (QED) is 0.702. The fourth-order valence-electron chi connectivity index (χ4n) is 2.23. The first kappa shape index (κ1) is 10.0. The Hall–Kier alpha value is -0.530. The van der Waals surface area contributed by atoms with Crippen LogP contribution in [0.4, 0.5) is 0 Å². The van der Waals surface area contributed by atoms with Gasteiger partial charge in [-0.2, -0.15) is 0 Å². The number of fused-ring (bicyclic) bond motifs is 1. The zero-order chi connectivity index (χ0) is 10.1. The topological polar surface area (TPSA) is 12.0 Å². The van der Waals surface area contributed by atoms with E-state index in [1.165, 1.54) is 16.7 Å². The summed E-state index contributed by atoms with van der Waals surface area (Å²) in [5.41, 5.74) is 4.27. The van der Waals surface area contributed by atoms with Gasteiger partial charge in [-0.15, -0.1) is 11.6 Å². The van der Waals surface area contributed by atoms with Gasteiger partial charge < -0.3 is 5.32 Å². The maximum atomic E-state index is 6.17. The summed E-state index contributed by atoms with van der Waals surface area (Å²) < 4.78 is 0. The average molecular weight is 210 g/mol. The molecule has 0 aliphatic carbocycles. The lowest BCUT2D eigenvalue weighted by Gasteiger charge is -2.29. The number of benzene rings is 1. The van der Waals surface area contributed by atoms with Crippen molar-refractivity contribution in [2.75, 3.05) is 6.54 Å². The molecule has 2 atom stereocenters. The smallest absolute Gasteiger partial charge is 0.0502 e. The number of alkyl halides is 1. The number of hydrogen-bond donors (Lipinski definition) is 1. The lowest BCUT2D eigenvalue weighted by atomic mass is 9.90. The van der Waals surface area contributed by atoms with Gasteiger partial charge in [0.1, 0.15) is 0 Å². The standard InChI is InChI=1S/C12H16ClN/c1-8-4-3-5-11-10(8)6-7-14-12(11)9(2)13/h3-5,9,12,14H,6-7H2,1-2H3. The van der Waals surface area contributed by atoms with E-state index in [4.69, 9.17) is 11.6 Å². The van der Waals surface area contributed by atoms with E-state index < -0.39 is 0 Å². The van der Waals surface area contributed by atoms with Crippen LogP contribution in [0.15, 0.2) is 18.2 Å². The zero-order valence-electron chi connectivity index (χ0n) is 8.68. The summed E-state index contributed by atoms with van der Waals surface area (Å²) in [6.45, 7) is 5.27. The molecule has 1 aliphatic heterocycles. The summed E-state index contributed by atoms with van der Waals surface area (Å²) in [6, 6.07) is 6.81. The second kappa shape index (κ2) is 3.92. The molecular formula is C12H16ClN. The fourth-order valence-corrected chi connectivity index (χ4v) is 2.46. The minimum absolute atomic E-state index is 0.149. The maximum Gasteiger partial charge on any atom is 0.0502 e. The van der Waals surface area contributed by atoms with Crippen LogP contribution in [-0.2, 0) is 6.42 Å². The maximum absolute atomic E-state index is 6.17. The third kappa shape index (κ3) is 1.67. The van der Waals surface area contributed by atoms with Gasteiger partial charge in [-0.1, -0.05) is 18.2 Å². The number of hydrogen-bond acceptors (Lipinski definition) is 1. The Balaban J connectivity index is 2.44. The van der Waals surface area contributed by atoms with Gasteiger partial charge in [-0.3, -0.25) is 0 Å². The molecular weight excluding hydrogens is 194 g/mol. The summed E-state index contributed by atoms with van der Waals surface area (Å²) in [6.07, 6.45) is 1.13. The van der Waals surface area contributed by atoms with Crippen molar-refractivity contribution in [3.05, 3.63) is 34.9 Å². The molecule has 2 heteroatoms. The molecule has 2 rings (SSSR count). The largest absolute Gasteiger partial charge is 0.308 e. The number of rotatable bonds is 1. The molecule has 0 fully saturated rings. The monoisotopic (exact) mass is 209 g/mol. The molecule has 1 heterocycles. The second-order valence-corrected chi connectivity index (χ2v) is 4.69. The Kier molecular flexibility index (Phi) is 2.80. The third-order valence-electron chi connectivity index (χ3n) is 2.98. The lowest BCUT2D eigenvalue weighted by Crippen LogP contribution is -2.34. The van der Waals surface area contributed by atoms with Crippen molar-refractivity contribution in [3.8, 4) is 0 Å². The molecule has 14 heavy (non-hydrogen) atoms. The van der Waals surface area contributed by atoms with Gasteiger partial charge >= 0.3 is 0 Å². The lowest BCUT2D eigenvalue weighted by molar-refractivity contribution is 0.496. The fraction of sp³-hybridized carbons (Fsp3) is 0.500. The van der Waals surface area contributed by atoms with Crippen molar-refractivity contribution in [2.24, 2.45) is 0 Å². The van der Waals surface area contributed by atoms with Crippen molar-refractivity contribution in [2.45, 2.75) is 31.7 Å². The van der Waals surface area contributed by atoms with Gasteiger partial charge in [-0.05, 0) is 43.5 Å². The van der Waals surface area contributed by atoms with Gasteiger partial charge in [0.25, 0.3) is 0 Å². The van der Waals surface area contributed by atoms with Crippen molar-refractivity contribution in [3.63, 3.8) is 0 Å². The predicted molar refractivity (Wildman–Crippen MR) is 60.9 cm³/mol. The van der Waals surface area contributed by atoms with Gasteiger partial charge in [0.05, 0.1) is 5.38 Å². The minimum atomic E-state index is 0.149. The van der Waals surface area contributed by atoms with Crippen molar-refractivity contribution >= 4 is 11.6 Å². The van der Waals surface area contributed by atoms with Crippen molar-refractivity contribution in [1.29, 1.82) is 0 Å². The van der Waals surface area contributed by atoms with E-state index in [0.29, 0.717) is 6.04 Å². The Morgan fingerprint density at radius 1 is 1.50 bits per heavy atom. The van der Waals surface area contributed by atoms with Gasteiger partial charge in [-0.25, -0.2) is 0 Å². The van der Waals surface area contributed by atoms with E-state index in [9.17, 15) is 0 Å². The van der Waals surface area contributed by atoms with E-state index in [1.54, 1.807) is 0 Å². The highest BCUT2D eigenvalue weighted by atomic mass is 35.5. The molecule has 76 valence electrons. The van der Waals surface area contributed by atoms with Crippen LogP contribution < -0.4 is 5.32 Å². The van der Waals surface area contributed by atoms with Gasteiger partial charge in [0.2, 0.25) is 0 Å². The Bertz CT molecular complexity index is 333. The van der Waals surface area contributed by atoms with E-state index in [2.05, 4.69) is 37.4 Å². The highest BCUT2D eigenvalue weighted by Gasteiger charge is 2.23. The number of aryl methyl sites for hydroxylation is 1.